The van der Waals surface area contributed by atoms with Gasteiger partial charge in [-0.25, -0.2) is 13.2 Å². The predicted octanol–water partition coefficient (Wildman–Crippen LogP) is 7.54. The summed E-state index contributed by atoms with van der Waals surface area (Å²) in [5.74, 6) is -1.70. The van der Waals surface area contributed by atoms with E-state index in [0.717, 1.165) is 28.7 Å². The molecule has 0 N–H and O–H groups in total. The second-order valence-electron chi connectivity index (χ2n) is 8.54. The van der Waals surface area contributed by atoms with Crippen LogP contribution in [-0.2, 0) is 17.6 Å². The zero-order chi connectivity index (χ0) is 24.1. The van der Waals surface area contributed by atoms with Gasteiger partial charge in [0.2, 0.25) is 0 Å². The summed E-state index contributed by atoms with van der Waals surface area (Å²) < 4.78 is 54.4. The zero-order valence-electron chi connectivity index (χ0n) is 19.5. The topological polar surface area (TPSA) is 18.5 Å². The van der Waals surface area contributed by atoms with Crippen LogP contribution in [0.3, 0.4) is 0 Å². The van der Waals surface area contributed by atoms with Crippen LogP contribution in [0.5, 0.6) is 5.75 Å². The fourth-order valence-corrected chi connectivity index (χ4v) is 4.40. The first-order chi connectivity index (χ1) is 16.5. The van der Waals surface area contributed by atoms with Crippen LogP contribution in [0.2, 0.25) is 0 Å². The molecule has 0 fully saturated rings. The molecular weight excluding hydrogens is 437 g/mol. The van der Waals surface area contributed by atoms with E-state index >= 15 is 0 Å². The van der Waals surface area contributed by atoms with E-state index in [0.29, 0.717) is 43.4 Å². The van der Waals surface area contributed by atoms with Crippen LogP contribution in [0.4, 0.5) is 13.2 Å². The van der Waals surface area contributed by atoms with Gasteiger partial charge in [0.05, 0.1) is 12.7 Å². The lowest BCUT2D eigenvalue weighted by Gasteiger charge is -2.21. The SMILES string of the molecule is CCOc1ccc(-c2ccc(CCc3ccc(C4=CCC(OC)CC4)c(F)c3F)cc2)cc1F. The smallest absolute Gasteiger partial charge is 0.166 e. The van der Waals surface area contributed by atoms with Crippen molar-refractivity contribution in [3.05, 3.63) is 94.8 Å². The molecule has 0 amide bonds. The fourth-order valence-electron chi connectivity index (χ4n) is 4.40. The standard InChI is InChI=1S/C29H29F3O2/c1-3-34-27-17-13-23(18-26(27)30)20-7-4-19(5-8-20)6-9-22-12-16-25(29(32)28(22)31)21-10-14-24(33-2)15-11-21/h4-5,7-8,10,12-13,16-18,24H,3,6,9,11,14-15H2,1-2H3. The molecule has 3 aromatic carbocycles. The molecule has 1 unspecified atom stereocenters. The molecule has 0 aliphatic heterocycles. The highest BCUT2D eigenvalue weighted by Gasteiger charge is 2.20. The summed E-state index contributed by atoms with van der Waals surface area (Å²) in [6.07, 6.45) is 5.27. The Morgan fingerprint density at radius 1 is 0.882 bits per heavy atom. The molecule has 3 aromatic rings. The molecule has 0 bridgehead atoms. The lowest BCUT2D eigenvalue weighted by atomic mass is 9.90. The Bertz CT molecular complexity index is 1170. The lowest BCUT2D eigenvalue weighted by Crippen LogP contribution is -2.14. The Kier molecular flexibility index (Phi) is 7.73. The first kappa shape index (κ1) is 24.1. The number of rotatable bonds is 8. The van der Waals surface area contributed by atoms with Crippen LogP contribution in [0, 0.1) is 17.5 Å². The summed E-state index contributed by atoms with van der Waals surface area (Å²) in [4.78, 5) is 0. The van der Waals surface area contributed by atoms with E-state index in [-0.39, 0.29) is 11.9 Å². The molecule has 0 heterocycles. The maximum Gasteiger partial charge on any atom is 0.166 e. The van der Waals surface area contributed by atoms with Crippen LogP contribution < -0.4 is 4.74 Å². The van der Waals surface area contributed by atoms with Crippen molar-refractivity contribution in [1.29, 1.82) is 0 Å². The number of ether oxygens (including phenoxy) is 2. The molecule has 0 saturated carbocycles. The van der Waals surface area contributed by atoms with Gasteiger partial charge in [-0.2, -0.15) is 0 Å². The van der Waals surface area contributed by atoms with E-state index in [1.165, 1.54) is 6.07 Å². The minimum Gasteiger partial charge on any atom is -0.491 e. The van der Waals surface area contributed by atoms with Crippen LogP contribution in [0.15, 0.2) is 60.7 Å². The van der Waals surface area contributed by atoms with Crippen LogP contribution in [-0.4, -0.2) is 19.8 Å². The second kappa shape index (κ2) is 10.9. The molecule has 0 spiro atoms. The first-order valence-electron chi connectivity index (χ1n) is 11.7. The van der Waals surface area contributed by atoms with E-state index in [1.54, 1.807) is 25.3 Å². The highest BCUT2D eigenvalue weighted by atomic mass is 19.2. The number of hydrogen-bond acceptors (Lipinski definition) is 2. The van der Waals surface area contributed by atoms with Gasteiger partial charge in [-0.05, 0) is 79.0 Å². The van der Waals surface area contributed by atoms with E-state index in [1.807, 2.05) is 43.3 Å². The molecule has 34 heavy (non-hydrogen) atoms. The summed E-state index contributed by atoms with van der Waals surface area (Å²) in [5.41, 5.74) is 4.19. The fraction of sp³-hybridized carbons (Fsp3) is 0.310. The minimum atomic E-state index is -0.771. The maximum atomic E-state index is 14.8. The van der Waals surface area contributed by atoms with E-state index < -0.39 is 17.5 Å². The zero-order valence-corrected chi connectivity index (χ0v) is 19.5. The summed E-state index contributed by atoms with van der Waals surface area (Å²) in [5, 5.41) is 0. The van der Waals surface area contributed by atoms with Gasteiger partial charge in [-0.1, -0.05) is 48.5 Å². The van der Waals surface area contributed by atoms with Gasteiger partial charge >= 0.3 is 0 Å². The van der Waals surface area contributed by atoms with Gasteiger partial charge in [0.1, 0.15) is 0 Å². The van der Waals surface area contributed by atoms with Crippen molar-refractivity contribution < 1.29 is 22.6 Å². The van der Waals surface area contributed by atoms with Crippen molar-refractivity contribution in [2.45, 2.75) is 45.1 Å². The summed E-state index contributed by atoms with van der Waals surface area (Å²) >= 11 is 0. The lowest BCUT2D eigenvalue weighted by molar-refractivity contribution is 0.0964. The third-order valence-electron chi connectivity index (χ3n) is 6.41. The molecule has 178 valence electrons. The normalized spacial score (nSPS) is 15.8. The third-order valence-corrected chi connectivity index (χ3v) is 6.41. The third kappa shape index (κ3) is 5.36. The van der Waals surface area contributed by atoms with Gasteiger partial charge in [0, 0.05) is 12.7 Å². The molecule has 1 aliphatic carbocycles. The average Bonchev–Trinajstić information content (AvgIpc) is 2.87. The van der Waals surface area contributed by atoms with Crippen molar-refractivity contribution in [2.24, 2.45) is 0 Å². The van der Waals surface area contributed by atoms with Crippen LogP contribution >= 0.6 is 0 Å². The Labute approximate surface area is 199 Å². The van der Waals surface area contributed by atoms with E-state index in [4.69, 9.17) is 9.47 Å². The van der Waals surface area contributed by atoms with Crippen LogP contribution in [0.25, 0.3) is 16.7 Å². The van der Waals surface area contributed by atoms with Gasteiger partial charge in [-0.3, -0.25) is 0 Å². The highest BCUT2D eigenvalue weighted by Crippen LogP contribution is 2.32. The minimum absolute atomic E-state index is 0.149. The highest BCUT2D eigenvalue weighted by molar-refractivity contribution is 5.67. The summed E-state index contributed by atoms with van der Waals surface area (Å²) in [6.45, 7) is 2.22. The summed E-state index contributed by atoms with van der Waals surface area (Å²) in [6, 6.07) is 16.0. The number of allylic oxidation sites excluding steroid dienone is 1. The molecule has 0 aromatic heterocycles. The number of methoxy groups -OCH3 is 1. The van der Waals surface area contributed by atoms with Gasteiger partial charge in [-0.15, -0.1) is 0 Å². The van der Waals surface area contributed by atoms with Gasteiger partial charge < -0.3 is 9.47 Å². The molecule has 0 radical (unpaired) electrons. The van der Waals surface area contributed by atoms with Crippen molar-refractivity contribution >= 4 is 5.57 Å². The molecule has 1 aliphatic rings. The van der Waals surface area contributed by atoms with Gasteiger partial charge in [0.25, 0.3) is 0 Å². The molecule has 5 heteroatoms. The number of aryl methyl sites for hydroxylation is 2. The number of hydrogen-bond donors (Lipinski definition) is 0. The van der Waals surface area contributed by atoms with Crippen molar-refractivity contribution in [3.8, 4) is 16.9 Å². The molecule has 2 nitrogen and oxygen atoms in total. The Hall–Kier alpha value is -3.05. The molecule has 4 rings (SSSR count). The largest absolute Gasteiger partial charge is 0.491 e. The van der Waals surface area contributed by atoms with Crippen molar-refractivity contribution in [3.63, 3.8) is 0 Å². The second-order valence-corrected chi connectivity index (χ2v) is 8.54. The molecule has 1 atom stereocenters. The molecule has 0 saturated heterocycles. The molecular formula is C29H29F3O2. The summed E-state index contributed by atoms with van der Waals surface area (Å²) in [7, 11) is 1.67. The average molecular weight is 467 g/mol. The van der Waals surface area contributed by atoms with Crippen molar-refractivity contribution in [2.75, 3.05) is 13.7 Å². The van der Waals surface area contributed by atoms with E-state index in [2.05, 4.69) is 0 Å². The van der Waals surface area contributed by atoms with E-state index in [9.17, 15) is 13.2 Å². The maximum absolute atomic E-state index is 14.8. The Morgan fingerprint density at radius 3 is 2.29 bits per heavy atom. The van der Waals surface area contributed by atoms with Crippen LogP contribution in [0.1, 0.15) is 42.9 Å². The van der Waals surface area contributed by atoms with Gasteiger partial charge in [0.15, 0.2) is 23.2 Å². The Balaban J connectivity index is 1.42. The first-order valence-corrected chi connectivity index (χ1v) is 11.7. The quantitative estimate of drug-likeness (QED) is 0.341. The monoisotopic (exact) mass is 466 g/mol. The Morgan fingerprint density at radius 2 is 1.65 bits per heavy atom. The predicted molar refractivity (Wildman–Crippen MR) is 129 cm³/mol. The number of halogens is 3. The number of benzene rings is 3. The van der Waals surface area contributed by atoms with Crippen molar-refractivity contribution in [1.82, 2.24) is 0 Å².